The summed E-state index contributed by atoms with van der Waals surface area (Å²) in [5, 5.41) is 0. The van der Waals surface area contributed by atoms with Crippen LogP contribution >= 0.6 is 12.6 Å². The average molecular weight is 497 g/mol. The molecule has 1 aliphatic rings. The fourth-order valence-corrected chi connectivity index (χ4v) is 3.29. The molecule has 1 aliphatic heterocycles. The highest BCUT2D eigenvalue weighted by atomic mass is 32.1. The summed E-state index contributed by atoms with van der Waals surface area (Å²) in [5.41, 5.74) is 6.20. The number of halogens is 2. The summed E-state index contributed by atoms with van der Waals surface area (Å²) in [4.78, 5) is 21.6. The van der Waals surface area contributed by atoms with E-state index in [-0.39, 0.29) is 42.8 Å². The van der Waals surface area contributed by atoms with Crippen molar-refractivity contribution in [2.45, 2.75) is 46.2 Å². The summed E-state index contributed by atoms with van der Waals surface area (Å²) in [5.74, 6) is -2.00. The van der Waals surface area contributed by atoms with Gasteiger partial charge in [-0.25, -0.2) is 18.6 Å². The zero-order chi connectivity index (χ0) is 25.4. The molecular weight excluding hydrogens is 466 g/mol. The number of ether oxygens (including phenoxy) is 2. The summed E-state index contributed by atoms with van der Waals surface area (Å²) >= 11 is 3.53. The Morgan fingerprint density at radius 1 is 1.21 bits per heavy atom. The zero-order valence-corrected chi connectivity index (χ0v) is 20.5. The van der Waals surface area contributed by atoms with Gasteiger partial charge in [-0.3, -0.25) is 0 Å². The highest BCUT2D eigenvalue weighted by Crippen LogP contribution is 2.40. The van der Waals surface area contributed by atoms with Crippen LogP contribution in [0.1, 0.15) is 46.2 Å². The van der Waals surface area contributed by atoms with Crippen LogP contribution < -0.4 is 15.2 Å². The number of nitrogen functional groups attached to an aromatic ring is 1. The summed E-state index contributed by atoms with van der Waals surface area (Å²) in [6, 6.07) is 3.53. The van der Waals surface area contributed by atoms with Crippen LogP contribution in [-0.2, 0) is 6.54 Å². The van der Waals surface area contributed by atoms with E-state index in [1.54, 1.807) is 13.2 Å². The molecule has 0 bridgehead atoms. The summed E-state index contributed by atoms with van der Waals surface area (Å²) in [6.45, 7) is 7.52. The third-order valence-corrected chi connectivity index (χ3v) is 5.15. The van der Waals surface area contributed by atoms with Gasteiger partial charge < -0.3 is 24.5 Å². The second kappa shape index (κ2) is 12.2. The average Bonchev–Trinajstić information content (AvgIpc) is 3.34. The van der Waals surface area contributed by atoms with Gasteiger partial charge in [0.25, 0.3) is 0 Å². The van der Waals surface area contributed by atoms with Crippen molar-refractivity contribution in [2.24, 2.45) is 0 Å². The number of benzene rings is 1. The fourth-order valence-electron chi connectivity index (χ4n) is 3.29. The van der Waals surface area contributed by atoms with E-state index >= 15 is 0 Å². The Kier molecular flexibility index (Phi) is 9.67. The lowest BCUT2D eigenvalue weighted by Gasteiger charge is -2.29. The molecule has 0 radical (unpaired) electrons. The third-order valence-electron chi connectivity index (χ3n) is 5.15. The first-order valence-electron chi connectivity index (χ1n) is 10.6. The second-order valence-corrected chi connectivity index (χ2v) is 6.91. The summed E-state index contributed by atoms with van der Waals surface area (Å²) in [7, 11) is 0. The monoisotopic (exact) mass is 496 g/mol. The standard InChI is InChI=1S/C20H18F2N4O4.C2H6.CH4S.H2/c1-10-11(2)26(9-12-3-4-24-18(23)17(12)22)20(27)30-15-8-16(14(21)7-13(10)15)29-19-25-5-6-28-19;2*1-2;/h3-8,10-11H,9H2,1-2H3,(H2,23,24);1-2H3;2H,1H3;1H/t10?,11-;;;/m0.../s1. The fraction of sp³-hybridized carbons (Fsp3) is 0.348. The minimum absolute atomic E-state index is 0. The van der Waals surface area contributed by atoms with Gasteiger partial charge in [0.2, 0.25) is 0 Å². The number of anilines is 1. The lowest BCUT2D eigenvalue weighted by molar-refractivity contribution is 0.132. The van der Waals surface area contributed by atoms with Crippen molar-refractivity contribution in [3.8, 4) is 17.6 Å². The lowest BCUT2D eigenvalue weighted by Crippen LogP contribution is -2.40. The van der Waals surface area contributed by atoms with Crippen LogP contribution in [0.5, 0.6) is 17.6 Å². The molecule has 11 heteroatoms. The van der Waals surface area contributed by atoms with E-state index < -0.39 is 23.8 Å². The Hall–Kier alpha value is -3.34. The van der Waals surface area contributed by atoms with Crippen LogP contribution in [-0.4, -0.2) is 33.3 Å². The number of amides is 1. The number of nitrogens with zero attached hydrogens (tertiary/aromatic N) is 3. The van der Waals surface area contributed by atoms with Gasteiger partial charge in [0.05, 0.1) is 12.7 Å². The molecule has 4 rings (SSSR count). The molecular formula is C23H30F2N4O4S. The van der Waals surface area contributed by atoms with Crippen molar-refractivity contribution < 1.29 is 28.9 Å². The molecule has 0 saturated carbocycles. The Labute approximate surface area is 204 Å². The number of aromatic nitrogens is 2. The predicted molar refractivity (Wildman–Crippen MR) is 129 cm³/mol. The van der Waals surface area contributed by atoms with Gasteiger partial charge >= 0.3 is 12.2 Å². The molecule has 1 unspecified atom stereocenters. The van der Waals surface area contributed by atoms with Crippen molar-refractivity contribution in [1.82, 2.24) is 14.9 Å². The highest BCUT2D eigenvalue weighted by Gasteiger charge is 2.35. The van der Waals surface area contributed by atoms with Crippen molar-refractivity contribution in [1.29, 1.82) is 0 Å². The predicted octanol–water partition coefficient (Wildman–Crippen LogP) is 6.05. The van der Waals surface area contributed by atoms with E-state index in [0.717, 1.165) is 0 Å². The van der Waals surface area contributed by atoms with E-state index in [1.165, 1.54) is 41.8 Å². The van der Waals surface area contributed by atoms with Crippen molar-refractivity contribution in [2.75, 3.05) is 12.0 Å². The van der Waals surface area contributed by atoms with Crippen LogP contribution in [0.15, 0.2) is 41.3 Å². The van der Waals surface area contributed by atoms with Gasteiger partial charge in [-0.15, -0.1) is 0 Å². The van der Waals surface area contributed by atoms with E-state index in [1.807, 2.05) is 20.8 Å². The largest absolute Gasteiger partial charge is 0.417 e. The van der Waals surface area contributed by atoms with Gasteiger partial charge in [-0.05, 0) is 25.3 Å². The third kappa shape index (κ3) is 5.77. The van der Waals surface area contributed by atoms with Gasteiger partial charge in [0.1, 0.15) is 12.0 Å². The maximum absolute atomic E-state index is 14.6. The lowest BCUT2D eigenvalue weighted by atomic mass is 9.92. The maximum atomic E-state index is 14.6. The van der Waals surface area contributed by atoms with Gasteiger partial charge in [0, 0.05) is 36.8 Å². The van der Waals surface area contributed by atoms with Crippen molar-refractivity contribution >= 4 is 24.5 Å². The Morgan fingerprint density at radius 3 is 2.56 bits per heavy atom. The number of rotatable bonds is 4. The van der Waals surface area contributed by atoms with E-state index in [9.17, 15) is 13.6 Å². The quantitative estimate of drug-likeness (QED) is 0.424. The molecule has 3 aromatic rings. The van der Waals surface area contributed by atoms with Crippen LogP contribution in [0, 0.1) is 11.6 Å². The number of thiol groups is 1. The van der Waals surface area contributed by atoms with E-state index in [4.69, 9.17) is 19.6 Å². The Morgan fingerprint density at radius 2 is 1.91 bits per heavy atom. The molecule has 2 aromatic heterocycles. The number of carbonyl (C=O) groups is 1. The normalized spacial score (nSPS) is 16.7. The van der Waals surface area contributed by atoms with Gasteiger partial charge in [0.15, 0.2) is 23.2 Å². The molecule has 3 heterocycles. The van der Waals surface area contributed by atoms with Gasteiger partial charge in [-0.1, -0.05) is 20.8 Å². The molecule has 2 N–H and O–H groups in total. The van der Waals surface area contributed by atoms with Crippen molar-refractivity contribution in [3.05, 3.63) is 59.6 Å². The first kappa shape index (κ1) is 26.9. The number of hydrogen-bond acceptors (Lipinski definition) is 8. The Balaban J connectivity index is 0.00000117. The molecule has 8 nitrogen and oxygen atoms in total. The number of fused-ring (bicyclic) bond motifs is 1. The molecule has 34 heavy (non-hydrogen) atoms. The van der Waals surface area contributed by atoms with E-state index in [0.29, 0.717) is 5.56 Å². The SMILES string of the molecule is CC.CC1c2cc(F)c(Oc3ncco3)cc2OC(=O)N(Cc2ccnc(N)c2F)[C@H]1C.CS.[HH]. The highest BCUT2D eigenvalue weighted by molar-refractivity contribution is 7.79. The first-order chi connectivity index (χ1) is 16.3. The van der Waals surface area contributed by atoms with Crippen LogP contribution in [0.3, 0.4) is 0 Å². The molecule has 186 valence electrons. The number of carbonyl (C=O) groups excluding carboxylic acids is 1. The zero-order valence-electron chi connectivity index (χ0n) is 19.6. The van der Waals surface area contributed by atoms with E-state index in [2.05, 4.69) is 22.6 Å². The molecule has 0 fully saturated rings. The maximum Gasteiger partial charge on any atom is 0.415 e. The molecule has 0 saturated heterocycles. The van der Waals surface area contributed by atoms with Gasteiger partial charge in [-0.2, -0.15) is 17.6 Å². The minimum Gasteiger partial charge on any atom is -0.417 e. The summed E-state index contributed by atoms with van der Waals surface area (Å²) < 4.78 is 44.7. The number of oxazole rings is 1. The number of nitrogens with two attached hydrogens (primary N) is 1. The van der Waals surface area contributed by atoms with Crippen LogP contribution in [0.4, 0.5) is 19.4 Å². The Bertz CT molecular complexity index is 1110. The number of pyridine rings is 1. The molecule has 0 aliphatic carbocycles. The molecule has 0 spiro atoms. The molecule has 2 atom stereocenters. The summed E-state index contributed by atoms with van der Waals surface area (Å²) in [6.07, 6.45) is 4.83. The topological polar surface area (TPSA) is 104 Å². The first-order valence-corrected chi connectivity index (χ1v) is 11.5. The molecule has 1 aromatic carbocycles. The minimum atomic E-state index is -0.712. The van der Waals surface area contributed by atoms with Crippen LogP contribution in [0.25, 0.3) is 0 Å². The van der Waals surface area contributed by atoms with Crippen LogP contribution in [0.2, 0.25) is 0 Å². The van der Waals surface area contributed by atoms with Crippen molar-refractivity contribution in [3.63, 3.8) is 0 Å². The smallest absolute Gasteiger partial charge is 0.415 e. The number of hydrogen-bond donors (Lipinski definition) is 2. The second-order valence-electron chi connectivity index (χ2n) is 6.91. The molecule has 1 amide bonds.